The number of imidazole rings is 3. The molecule has 10 heterocycles. The Balaban J connectivity index is 0.000000121. The summed E-state index contributed by atoms with van der Waals surface area (Å²) in [6.45, 7) is 2.58. The highest BCUT2D eigenvalue weighted by Crippen LogP contribution is 2.44. The number of benzene rings is 7. The van der Waals surface area contributed by atoms with Gasteiger partial charge in [0.05, 0.1) is 64.9 Å². The van der Waals surface area contributed by atoms with E-state index in [1.54, 1.807) is 152 Å². The van der Waals surface area contributed by atoms with Crippen molar-refractivity contribution in [2.24, 2.45) is 5.92 Å². The molecule has 0 atom stereocenters. The van der Waals surface area contributed by atoms with E-state index in [-0.39, 0.29) is 75.3 Å². The number of para-hydroxylation sites is 4. The van der Waals surface area contributed by atoms with Crippen molar-refractivity contribution in [2.75, 3.05) is 34.4 Å². The molecule has 1 saturated heterocycles. The highest BCUT2D eigenvalue weighted by molar-refractivity contribution is 6.05. The quantitative estimate of drug-likeness (QED) is 0.0418. The third-order valence-corrected chi connectivity index (χ3v) is 23.2. The smallest absolute Gasteiger partial charge is 0.291 e. The van der Waals surface area contributed by atoms with E-state index in [1.165, 1.54) is 117 Å². The predicted octanol–water partition coefficient (Wildman–Crippen LogP) is 23.4. The third-order valence-electron chi connectivity index (χ3n) is 23.2. The van der Waals surface area contributed by atoms with Gasteiger partial charge in [-0.05, 0) is 252 Å². The lowest BCUT2D eigenvalue weighted by Crippen LogP contribution is -2.29. The lowest BCUT2D eigenvalue weighted by molar-refractivity contribution is 0.0989. The number of carbonyl (C=O) groups is 4. The summed E-state index contributed by atoms with van der Waals surface area (Å²) < 4.78 is 128. The first kappa shape index (κ1) is 86.1. The van der Waals surface area contributed by atoms with Crippen molar-refractivity contribution in [3.05, 3.63) is 326 Å². The summed E-state index contributed by atoms with van der Waals surface area (Å²) >= 11 is 0. The van der Waals surface area contributed by atoms with Gasteiger partial charge in [0, 0.05) is 53.3 Å². The minimum absolute atomic E-state index is 0.0347. The van der Waals surface area contributed by atoms with Gasteiger partial charge in [0.15, 0.2) is 46.1 Å². The van der Waals surface area contributed by atoms with Crippen LogP contribution in [-0.2, 0) is 6.54 Å². The number of amides is 4. The number of pyridine rings is 1. The van der Waals surface area contributed by atoms with Crippen molar-refractivity contribution >= 4 is 46.4 Å². The number of nitrogens with one attached hydrogen (secondary N) is 5. The van der Waals surface area contributed by atoms with Gasteiger partial charge < -0.3 is 58.0 Å². The molecule has 30 heteroatoms. The second-order valence-corrected chi connectivity index (χ2v) is 31.7. The molecular formula is C99H86F7N15O8. The van der Waals surface area contributed by atoms with Crippen molar-refractivity contribution in [3.63, 3.8) is 0 Å². The molecule has 16 aromatic rings. The molecular weight excluding hydrogens is 1660 g/mol. The third kappa shape index (κ3) is 19.9. The fourth-order valence-electron chi connectivity index (χ4n) is 16.7. The summed E-state index contributed by atoms with van der Waals surface area (Å²) in [6, 6.07) is 59.8. The zero-order valence-corrected chi connectivity index (χ0v) is 69.5. The maximum atomic E-state index is 13.9. The number of carbonyl (C=O) groups excluding carboxylic acids is 4. The number of piperidine rings is 1. The van der Waals surface area contributed by atoms with Crippen LogP contribution in [0.5, 0.6) is 0 Å². The van der Waals surface area contributed by atoms with E-state index >= 15 is 0 Å². The Hall–Kier alpha value is -15.1. The van der Waals surface area contributed by atoms with Crippen molar-refractivity contribution in [2.45, 2.75) is 115 Å². The summed E-state index contributed by atoms with van der Waals surface area (Å²) in [5.74, 6) is -2.53. The highest BCUT2D eigenvalue weighted by Gasteiger charge is 2.32. The van der Waals surface area contributed by atoms with Gasteiger partial charge in [-0.25, -0.2) is 50.4 Å². The molecule has 654 valence electrons. The molecule has 5 N–H and O–H groups in total. The Morgan fingerprint density at radius 1 is 0.341 bits per heavy atom. The maximum Gasteiger partial charge on any atom is 0.291 e. The minimum atomic E-state index is -0.565. The SMILES string of the molecule is O=C(Nc1ccccc1F)c1ccc(-c2c(-c3ccc(F)cc3)ncn2C2CCNCC2)o1.O=C(Nc1ccccc1F)c1ccc(-c2c(-c3ccc(F)cc3)ncn2CC2CCCC2)o1.O=C(Nc1ccccc1F)c1ccc(-c2c(-c3ccc(F)cc3)nnn2C2CCCC2)o1.O=C(Nc1ccccc1F)c1ccc(-c2c(-c3ccncc3)ncn2C2CCCC2)o1. The number of nitrogens with zero attached hydrogens (tertiary/aromatic N) is 10. The summed E-state index contributed by atoms with van der Waals surface area (Å²) in [5.41, 5.74) is 9.01. The van der Waals surface area contributed by atoms with Crippen molar-refractivity contribution in [3.8, 4) is 90.8 Å². The standard InChI is InChI=1S/C26H23F2N3O2.C25H22F2N4O2.C24H20F2N4O2.C24H21FN4O2/c27-19-11-9-18(10-12-19)24-25(31(16-29-24)15-17-5-1-2-6-17)22-13-14-23(33-22)26(32)30-21-8-4-3-7-20(21)28;26-17-7-5-16(6-8-17)23-24(31(15-29-23)18-11-13-28-14-12-18)21-9-10-22(33-21)25(32)30-20-4-2-1-3-19(20)27;25-16-11-9-15(10-12-16)22-23(30(29-28-22)17-5-1-2-6-17)20-13-14-21(32-20)24(31)27-19-8-4-3-7-18(19)26;25-18-7-3-4-8-19(18)28-24(30)21-10-9-20(31-21)23-22(16-11-13-26-14-12-16)27-15-29(23)17-5-1-2-6-17/h3-4,7-14,16-17H,1-2,5-6,15H2,(H,30,32);1-10,15,18,28H,11-14H2,(H,30,32);3-4,7-14,17H,1-2,5-6H2,(H,27,31);3-4,7-15,17H,1-2,5-6H2,(H,28,30). The maximum absolute atomic E-state index is 13.9. The van der Waals surface area contributed by atoms with Crippen LogP contribution in [0, 0.1) is 46.6 Å². The first-order chi connectivity index (χ1) is 63.0. The summed E-state index contributed by atoms with van der Waals surface area (Å²) in [7, 11) is 0. The van der Waals surface area contributed by atoms with Gasteiger partial charge in [-0.3, -0.25) is 24.2 Å². The Labute approximate surface area is 735 Å². The van der Waals surface area contributed by atoms with Crippen molar-refractivity contribution in [1.29, 1.82) is 0 Å². The van der Waals surface area contributed by atoms with Gasteiger partial charge in [0.2, 0.25) is 0 Å². The van der Waals surface area contributed by atoms with Crippen LogP contribution in [0.25, 0.3) is 90.8 Å². The molecule has 3 saturated carbocycles. The topological polar surface area (TPSA) is 278 Å². The highest BCUT2D eigenvalue weighted by atomic mass is 19.2. The van der Waals surface area contributed by atoms with Gasteiger partial charge in [-0.1, -0.05) is 92.3 Å². The molecule has 3 aliphatic carbocycles. The molecule has 0 unspecified atom stereocenters. The molecule has 0 spiro atoms. The first-order valence-electron chi connectivity index (χ1n) is 42.7. The first-order valence-corrected chi connectivity index (χ1v) is 42.7. The van der Waals surface area contributed by atoms with Crippen LogP contribution >= 0.6 is 0 Å². The Bertz CT molecular complexity index is 6590. The molecule has 4 aliphatic rings. The number of anilines is 4. The number of aromatic nitrogens is 10. The van der Waals surface area contributed by atoms with Crippen molar-refractivity contribution < 1.29 is 67.6 Å². The molecule has 23 nitrogen and oxygen atoms in total. The Morgan fingerprint density at radius 3 is 1.06 bits per heavy atom. The molecule has 0 bridgehead atoms. The van der Waals surface area contributed by atoms with Crippen LogP contribution < -0.4 is 26.6 Å². The van der Waals surface area contributed by atoms with E-state index in [0.717, 1.165) is 123 Å². The average molecular weight is 1750 g/mol. The van der Waals surface area contributed by atoms with E-state index < -0.39 is 46.9 Å². The van der Waals surface area contributed by atoms with Gasteiger partial charge in [-0.15, -0.1) is 5.10 Å². The van der Waals surface area contributed by atoms with E-state index in [9.17, 15) is 49.9 Å². The van der Waals surface area contributed by atoms with Crippen LogP contribution in [0.4, 0.5) is 53.5 Å². The summed E-state index contributed by atoms with van der Waals surface area (Å²) in [5, 5.41) is 22.2. The number of hydrogen-bond donors (Lipinski definition) is 5. The zero-order valence-electron chi connectivity index (χ0n) is 69.5. The largest absolute Gasteiger partial charge is 0.449 e. The second kappa shape index (κ2) is 39.6. The van der Waals surface area contributed by atoms with Crippen LogP contribution in [0.2, 0.25) is 0 Å². The fraction of sp³-hybridized carbons (Fsp3) is 0.212. The minimum Gasteiger partial charge on any atom is -0.449 e. The molecule has 129 heavy (non-hydrogen) atoms. The van der Waals surface area contributed by atoms with E-state index in [0.29, 0.717) is 63.3 Å². The lowest BCUT2D eigenvalue weighted by Gasteiger charge is -2.25. The normalized spacial score (nSPS) is 14.1. The summed E-state index contributed by atoms with van der Waals surface area (Å²) in [4.78, 5) is 68.6. The molecule has 20 rings (SSSR count). The Morgan fingerprint density at radius 2 is 0.667 bits per heavy atom. The molecule has 0 radical (unpaired) electrons. The van der Waals surface area contributed by atoms with Gasteiger partial charge in [0.25, 0.3) is 23.6 Å². The molecule has 7 aromatic carbocycles. The monoisotopic (exact) mass is 1750 g/mol. The van der Waals surface area contributed by atoms with Gasteiger partial charge in [0.1, 0.15) is 69.2 Å². The zero-order chi connectivity index (χ0) is 88.9. The van der Waals surface area contributed by atoms with E-state index in [2.05, 4.69) is 66.0 Å². The molecule has 4 fully saturated rings. The van der Waals surface area contributed by atoms with E-state index in [1.807, 2.05) is 27.7 Å². The van der Waals surface area contributed by atoms with Gasteiger partial charge >= 0.3 is 0 Å². The lowest BCUT2D eigenvalue weighted by atomic mass is 10.0. The Kier molecular flexibility index (Phi) is 26.4. The van der Waals surface area contributed by atoms with Gasteiger partial charge in [-0.2, -0.15) is 0 Å². The number of hydrogen-bond acceptors (Lipinski definition) is 15. The number of furan rings is 4. The molecule has 1 aliphatic heterocycles. The van der Waals surface area contributed by atoms with Crippen LogP contribution in [0.3, 0.4) is 0 Å². The number of rotatable bonds is 21. The number of halogens is 7. The van der Waals surface area contributed by atoms with Crippen LogP contribution in [0.1, 0.15) is 150 Å². The van der Waals surface area contributed by atoms with Crippen LogP contribution in [0.15, 0.2) is 280 Å². The van der Waals surface area contributed by atoms with E-state index in [4.69, 9.17) is 17.7 Å². The fourth-order valence-corrected chi connectivity index (χ4v) is 16.7. The second-order valence-electron chi connectivity index (χ2n) is 31.7. The predicted molar refractivity (Wildman–Crippen MR) is 472 cm³/mol. The molecule has 4 amide bonds. The van der Waals surface area contributed by atoms with Crippen molar-refractivity contribution in [1.82, 2.24) is 53.9 Å². The van der Waals surface area contributed by atoms with Crippen LogP contribution in [-0.4, -0.2) is 85.3 Å². The summed E-state index contributed by atoms with van der Waals surface area (Å²) in [6.07, 6.45) is 24.1. The average Bonchev–Trinajstić information content (AvgIpc) is 1.64. The molecule has 9 aromatic heterocycles.